The van der Waals surface area contributed by atoms with E-state index in [4.69, 9.17) is 5.73 Å². The molecule has 0 saturated carbocycles. The zero-order chi connectivity index (χ0) is 12.8. The number of nitrogens with two attached hydrogens (primary N) is 1. The van der Waals surface area contributed by atoms with Crippen LogP contribution >= 0.6 is 0 Å². The quantitative estimate of drug-likeness (QED) is 0.824. The smallest absolute Gasteiger partial charge is 0.131 e. The zero-order valence-electron chi connectivity index (χ0n) is 11.5. The summed E-state index contributed by atoms with van der Waals surface area (Å²) in [6.45, 7) is 10.5. The van der Waals surface area contributed by atoms with Crippen LogP contribution < -0.4 is 10.6 Å². The van der Waals surface area contributed by atoms with Crippen molar-refractivity contribution in [2.45, 2.75) is 46.6 Å². The molecule has 0 fully saturated rings. The Morgan fingerprint density at radius 1 is 1.41 bits per heavy atom. The van der Waals surface area contributed by atoms with Crippen LogP contribution in [0.4, 0.5) is 5.82 Å². The standard InChI is InChI=1S/C14H25N3/c1-5-8-17(11(2)3)14-12(4)9-13(6-7-15)10-16-14/h9-11H,5-8,15H2,1-4H3. The molecule has 0 aliphatic carbocycles. The number of anilines is 1. The minimum absolute atomic E-state index is 0.488. The third-order valence-electron chi connectivity index (χ3n) is 2.90. The molecule has 0 bridgehead atoms. The molecule has 1 heterocycles. The van der Waals surface area contributed by atoms with Gasteiger partial charge in [-0.15, -0.1) is 0 Å². The molecule has 0 unspecified atom stereocenters. The minimum Gasteiger partial charge on any atom is -0.354 e. The molecule has 96 valence electrons. The van der Waals surface area contributed by atoms with E-state index in [1.807, 2.05) is 6.20 Å². The van der Waals surface area contributed by atoms with E-state index in [2.05, 4.69) is 43.6 Å². The molecule has 1 aromatic heterocycles. The van der Waals surface area contributed by atoms with E-state index in [-0.39, 0.29) is 0 Å². The first-order valence-electron chi connectivity index (χ1n) is 6.52. The van der Waals surface area contributed by atoms with Gasteiger partial charge in [0.2, 0.25) is 0 Å². The normalized spacial score (nSPS) is 10.9. The van der Waals surface area contributed by atoms with E-state index < -0.39 is 0 Å². The summed E-state index contributed by atoms with van der Waals surface area (Å²) in [5.41, 5.74) is 8.04. The molecule has 3 nitrogen and oxygen atoms in total. The molecule has 2 N–H and O–H groups in total. The number of aryl methyl sites for hydroxylation is 1. The van der Waals surface area contributed by atoms with Crippen molar-refractivity contribution in [3.05, 3.63) is 23.4 Å². The van der Waals surface area contributed by atoms with E-state index in [9.17, 15) is 0 Å². The largest absolute Gasteiger partial charge is 0.354 e. The number of rotatable bonds is 6. The number of hydrogen-bond acceptors (Lipinski definition) is 3. The minimum atomic E-state index is 0.488. The van der Waals surface area contributed by atoms with Gasteiger partial charge in [0.15, 0.2) is 0 Å². The van der Waals surface area contributed by atoms with Crippen molar-refractivity contribution in [2.75, 3.05) is 18.0 Å². The highest BCUT2D eigenvalue weighted by Gasteiger charge is 2.13. The van der Waals surface area contributed by atoms with Crippen molar-refractivity contribution in [1.29, 1.82) is 0 Å². The Balaban J connectivity index is 2.95. The van der Waals surface area contributed by atoms with Crippen molar-refractivity contribution < 1.29 is 0 Å². The predicted octanol–water partition coefficient (Wildman–Crippen LogP) is 2.52. The number of nitrogens with zero attached hydrogens (tertiary/aromatic N) is 2. The lowest BCUT2D eigenvalue weighted by atomic mass is 10.1. The maximum absolute atomic E-state index is 5.57. The van der Waals surface area contributed by atoms with Gasteiger partial charge in [0.25, 0.3) is 0 Å². The summed E-state index contributed by atoms with van der Waals surface area (Å²) < 4.78 is 0. The monoisotopic (exact) mass is 235 g/mol. The summed E-state index contributed by atoms with van der Waals surface area (Å²) in [6, 6.07) is 2.70. The molecular weight excluding hydrogens is 210 g/mol. The molecule has 0 amide bonds. The average Bonchev–Trinajstić information content (AvgIpc) is 2.27. The van der Waals surface area contributed by atoms with Crippen LogP contribution in [0.1, 0.15) is 38.3 Å². The summed E-state index contributed by atoms with van der Waals surface area (Å²) in [5.74, 6) is 1.11. The highest BCUT2D eigenvalue weighted by atomic mass is 15.2. The highest BCUT2D eigenvalue weighted by Crippen LogP contribution is 2.20. The third-order valence-corrected chi connectivity index (χ3v) is 2.90. The second kappa shape index (κ2) is 6.60. The second-order valence-corrected chi connectivity index (χ2v) is 4.81. The Bertz CT molecular complexity index is 347. The van der Waals surface area contributed by atoms with Gasteiger partial charge in [0, 0.05) is 18.8 Å². The van der Waals surface area contributed by atoms with Crippen molar-refractivity contribution in [3.63, 3.8) is 0 Å². The summed E-state index contributed by atoms with van der Waals surface area (Å²) >= 11 is 0. The Labute approximate surface area is 105 Å². The molecule has 3 heteroatoms. The molecule has 0 aliphatic heterocycles. The van der Waals surface area contributed by atoms with Gasteiger partial charge < -0.3 is 10.6 Å². The van der Waals surface area contributed by atoms with Gasteiger partial charge in [-0.25, -0.2) is 4.98 Å². The summed E-state index contributed by atoms with van der Waals surface area (Å²) in [6.07, 6.45) is 4.01. The Kier molecular flexibility index (Phi) is 5.42. The van der Waals surface area contributed by atoms with Crippen molar-refractivity contribution in [2.24, 2.45) is 5.73 Å². The van der Waals surface area contributed by atoms with Crippen molar-refractivity contribution >= 4 is 5.82 Å². The van der Waals surface area contributed by atoms with Crippen LogP contribution in [0.3, 0.4) is 0 Å². The van der Waals surface area contributed by atoms with Crippen molar-refractivity contribution in [1.82, 2.24) is 4.98 Å². The third kappa shape index (κ3) is 3.70. The average molecular weight is 235 g/mol. The summed E-state index contributed by atoms with van der Waals surface area (Å²) in [7, 11) is 0. The summed E-state index contributed by atoms with van der Waals surface area (Å²) in [5, 5.41) is 0. The number of hydrogen-bond donors (Lipinski definition) is 1. The van der Waals surface area contributed by atoms with E-state index in [1.165, 1.54) is 11.1 Å². The fourth-order valence-electron chi connectivity index (χ4n) is 2.08. The second-order valence-electron chi connectivity index (χ2n) is 4.81. The lowest BCUT2D eigenvalue weighted by Gasteiger charge is -2.29. The Morgan fingerprint density at radius 2 is 2.12 bits per heavy atom. The number of aromatic nitrogens is 1. The van der Waals surface area contributed by atoms with E-state index in [0.29, 0.717) is 12.6 Å². The first-order chi connectivity index (χ1) is 8.10. The fourth-order valence-corrected chi connectivity index (χ4v) is 2.08. The molecule has 0 aromatic carbocycles. The molecule has 0 saturated heterocycles. The van der Waals surface area contributed by atoms with Gasteiger partial charge in [-0.3, -0.25) is 0 Å². The lowest BCUT2D eigenvalue weighted by Crippen LogP contribution is -2.32. The van der Waals surface area contributed by atoms with Gasteiger partial charge in [0.1, 0.15) is 5.82 Å². The van der Waals surface area contributed by atoms with E-state index in [0.717, 1.165) is 25.2 Å². The molecular formula is C14H25N3. The van der Waals surface area contributed by atoms with E-state index in [1.54, 1.807) is 0 Å². The van der Waals surface area contributed by atoms with Crippen LogP contribution in [-0.4, -0.2) is 24.1 Å². The molecule has 0 spiro atoms. The predicted molar refractivity (Wildman–Crippen MR) is 74.5 cm³/mol. The van der Waals surface area contributed by atoms with Gasteiger partial charge in [-0.05, 0) is 51.3 Å². The van der Waals surface area contributed by atoms with Crippen molar-refractivity contribution in [3.8, 4) is 0 Å². The highest BCUT2D eigenvalue weighted by molar-refractivity contribution is 5.48. The van der Waals surface area contributed by atoms with E-state index >= 15 is 0 Å². The van der Waals surface area contributed by atoms with Crippen LogP contribution in [0.2, 0.25) is 0 Å². The molecule has 0 radical (unpaired) electrons. The van der Waals surface area contributed by atoms with Gasteiger partial charge >= 0.3 is 0 Å². The molecule has 17 heavy (non-hydrogen) atoms. The van der Waals surface area contributed by atoms with Crippen LogP contribution in [0.15, 0.2) is 12.3 Å². The number of pyridine rings is 1. The topological polar surface area (TPSA) is 42.2 Å². The SMILES string of the molecule is CCCN(c1ncc(CCN)cc1C)C(C)C. The van der Waals surface area contributed by atoms with Crippen LogP contribution in [0.25, 0.3) is 0 Å². The summed E-state index contributed by atoms with van der Waals surface area (Å²) in [4.78, 5) is 6.97. The first kappa shape index (κ1) is 14.0. The zero-order valence-corrected chi connectivity index (χ0v) is 11.5. The Hall–Kier alpha value is -1.09. The molecule has 1 aromatic rings. The van der Waals surface area contributed by atoms with Gasteiger partial charge in [-0.2, -0.15) is 0 Å². The fraction of sp³-hybridized carbons (Fsp3) is 0.643. The van der Waals surface area contributed by atoms with Crippen LogP contribution in [0.5, 0.6) is 0 Å². The van der Waals surface area contributed by atoms with Gasteiger partial charge in [-0.1, -0.05) is 13.0 Å². The molecule has 1 rings (SSSR count). The Morgan fingerprint density at radius 3 is 2.59 bits per heavy atom. The van der Waals surface area contributed by atoms with Gasteiger partial charge in [0.05, 0.1) is 0 Å². The van der Waals surface area contributed by atoms with Crippen LogP contribution in [0, 0.1) is 6.92 Å². The molecule has 0 aliphatic rings. The first-order valence-corrected chi connectivity index (χ1v) is 6.52. The van der Waals surface area contributed by atoms with Crippen LogP contribution in [-0.2, 0) is 6.42 Å². The molecule has 0 atom stereocenters. The maximum Gasteiger partial charge on any atom is 0.131 e. The lowest BCUT2D eigenvalue weighted by molar-refractivity contribution is 0.659. The maximum atomic E-state index is 5.57.